The molecule has 0 spiro atoms. The largest absolute Gasteiger partial charge is 0.452 e. The molecular formula is C16H16N2O4S. The number of aryl methyl sites for hydroxylation is 2. The van der Waals surface area contributed by atoms with Crippen molar-refractivity contribution in [2.75, 3.05) is 11.9 Å². The number of carbonyl (C=O) groups excluding carboxylic acids is 3. The van der Waals surface area contributed by atoms with Gasteiger partial charge < -0.3 is 15.8 Å². The van der Waals surface area contributed by atoms with E-state index >= 15 is 0 Å². The van der Waals surface area contributed by atoms with Gasteiger partial charge in [0.2, 0.25) is 0 Å². The molecule has 0 atom stereocenters. The number of primary amides is 1. The second-order valence-electron chi connectivity index (χ2n) is 4.86. The number of hydrogen-bond donors (Lipinski definition) is 2. The topological polar surface area (TPSA) is 98.5 Å². The molecule has 120 valence electrons. The zero-order chi connectivity index (χ0) is 17.0. The molecule has 0 aliphatic heterocycles. The maximum atomic E-state index is 11.9. The second kappa shape index (κ2) is 7.06. The van der Waals surface area contributed by atoms with E-state index in [4.69, 9.17) is 10.5 Å². The number of hydrogen-bond acceptors (Lipinski definition) is 5. The summed E-state index contributed by atoms with van der Waals surface area (Å²) in [5.74, 6) is -1.75. The lowest BCUT2D eigenvalue weighted by atomic mass is 10.1. The first-order valence-electron chi connectivity index (χ1n) is 6.81. The third kappa shape index (κ3) is 4.17. The number of para-hydroxylation sites is 1. The average molecular weight is 332 g/mol. The van der Waals surface area contributed by atoms with E-state index in [0.717, 1.165) is 9.75 Å². The van der Waals surface area contributed by atoms with Gasteiger partial charge in [0, 0.05) is 9.75 Å². The number of benzene rings is 1. The molecule has 2 aromatic rings. The fourth-order valence-corrected chi connectivity index (χ4v) is 2.95. The molecule has 7 heteroatoms. The van der Waals surface area contributed by atoms with Gasteiger partial charge in [-0.05, 0) is 32.0 Å². The maximum Gasteiger partial charge on any atom is 0.339 e. The molecule has 0 unspecified atom stereocenters. The van der Waals surface area contributed by atoms with Gasteiger partial charge in [0.25, 0.3) is 11.8 Å². The smallest absolute Gasteiger partial charge is 0.339 e. The Morgan fingerprint density at radius 2 is 1.87 bits per heavy atom. The maximum absolute atomic E-state index is 11.9. The summed E-state index contributed by atoms with van der Waals surface area (Å²) in [5.41, 5.74) is 6.16. The lowest BCUT2D eigenvalue weighted by Gasteiger charge is -2.09. The zero-order valence-corrected chi connectivity index (χ0v) is 13.5. The Kier molecular flexibility index (Phi) is 5.13. The highest BCUT2D eigenvalue weighted by Crippen LogP contribution is 2.21. The Morgan fingerprint density at radius 1 is 1.17 bits per heavy atom. The van der Waals surface area contributed by atoms with Crippen LogP contribution in [-0.4, -0.2) is 24.4 Å². The molecule has 1 aromatic heterocycles. The van der Waals surface area contributed by atoms with Gasteiger partial charge in [-0.25, -0.2) is 4.79 Å². The van der Waals surface area contributed by atoms with Gasteiger partial charge in [-0.2, -0.15) is 0 Å². The molecule has 0 fully saturated rings. The predicted octanol–water partition coefficient (Wildman–Crippen LogP) is 2.26. The summed E-state index contributed by atoms with van der Waals surface area (Å²) in [6.45, 7) is 3.26. The first kappa shape index (κ1) is 16.7. The summed E-state index contributed by atoms with van der Waals surface area (Å²) in [6.07, 6.45) is 0. The number of amides is 2. The molecule has 1 heterocycles. The number of ether oxygens (including phenoxy) is 1. The van der Waals surface area contributed by atoms with Gasteiger partial charge in [-0.1, -0.05) is 12.1 Å². The third-order valence-corrected chi connectivity index (χ3v) is 4.03. The molecule has 23 heavy (non-hydrogen) atoms. The number of nitrogens with two attached hydrogens (primary N) is 1. The molecule has 0 bridgehead atoms. The van der Waals surface area contributed by atoms with Gasteiger partial charge in [0.15, 0.2) is 6.61 Å². The van der Waals surface area contributed by atoms with Crippen LogP contribution in [0.4, 0.5) is 5.69 Å². The van der Waals surface area contributed by atoms with Crippen molar-refractivity contribution < 1.29 is 19.1 Å². The average Bonchev–Trinajstić information content (AvgIpc) is 2.84. The number of esters is 1. The van der Waals surface area contributed by atoms with Crippen molar-refractivity contribution >= 4 is 34.8 Å². The first-order valence-corrected chi connectivity index (χ1v) is 7.63. The van der Waals surface area contributed by atoms with Crippen molar-refractivity contribution in [3.8, 4) is 0 Å². The standard InChI is InChI=1S/C16H16N2O4S/c1-9-7-12(10(2)23-9)16(21)22-8-14(19)18-13-6-4-3-5-11(13)15(17)20/h3-7H,8H2,1-2H3,(H2,17,20)(H,18,19). The van der Waals surface area contributed by atoms with Gasteiger partial charge in [-0.15, -0.1) is 11.3 Å². The van der Waals surface area contributed by atoms with E-state index in [1.165, 1.54) is 17.4 Å². The molecule has 3 N–H and O–H groups in total. The summed E-state index contributed by atoms with van der Waals surface area (Å²) in [5, 5.41) is 2.50. The van der Waals surface area contributed by atoms with Gasteiger partial charge >= 0.3 is 5.97 Å². The van der Waals surface area contributed by atoms with E-state index in [1.54, 1.807) is 24.3 Å². The first-order chi connectivity index (χ1) is 10.9. The summed E-state index contributed by atoms with van der Waals surface area (Å²) < 4.78 is 5.00. The van der Waals surface area contributed by atoms with Crippen LogP contribution in [-0.2, 0) is 9.53 Å². The molecule has 0 aliphatic rings. The molecule has 2 amide bonds. The Labute approximate surface area is 137 Å². The molecule has 0 saturated carbocycles. The van der Waals surface area contributed by atoms with E-state index in [0.29, 0.717) is 5.56 Å². The quantitative estimate of drug-likeness (QED) is 0.820. The monoisotopic (exact) mass is 332 g/mol. The number of rotatable bonds is 5. The molecular weight excluding hydrogens is 316 g/mol. The Hall–Kier alpha value is -2.67. The lowest BCUT2D eigenvalue weighted by molar-refractivity contribution is -0.119. The molecule has 6 nitrogen and oxygen atoms in total. The van der Waals surface area contributed by atoms with Crippen molar-refractivity contribution in [3.05, 3.63) is 51.2 Å². The second-order valence-corrected chi connectivity index (χ2v) is 6.32. The van der Waals surface area contributed by atoms with Crippen LogP contribution in [0.5, 0.6) is 0 Å². The minimum atomic E-state index is -0.651. The summed E-state index contributed by atoms with van der Waals surface area (Å²) in [4.78, 5) is 36.9. The van der Waals surface area contributed by atoms with Crippen LogP contribution in [0.15, 0.2) is 30.3 Å². The van der Waals surface area contributed by atoms with Crippen LogP contribution in [0.3, 0.4) is 0 Å². The number of nitrogens with one attached hydrogen (secondary N) is 1. The zero-order valence-electron chi connectivity index (χ0n) is 12.7. The van der Waals surface area contributed by atoms with Crippen molar-refractivity contribution in [2.24, 2.45) is 5.73 Å². The Morgan fingerprint density at radius 3 is 2.48 bits per heavy atom. The molecule has 0 saturated heterocycles. The Balaban J connectivity index is 1.97. The van der Waals surface area contributed by atoms with Crippen LogP contribution in [0, 0.1) is 13.8 Å². The predicted molar refractivity (Wildman–Crippen MR) is 87.7 cm³/mol. The van der Waals surface area contributed by atoms with Crippen LogP contribution in [0.2, 0.25) is 0 Å². The fourth-order valence-electron chi connectivity index (χ4n) is 2.04. The normalized spacial score (nSPS) is 10.2. The van der Waals surface area contributed by atoms with E-state index < -0.39 is 24.4 Å². The molecule has 0 radical (unpaired) electrons. The van der Waals surface area contributed by atoms with Crippen molar-refractivity contribution in [2.45, 2.75) is 13.8 Å². The van der Waals surface area contributed by atoms with E-state index in [9.17, 15) is 14.4 Å². The highest BCUT2D eigenvalue weighted by molar-refractivity contribution is 7.12. The third-order valence-electron chi connectivity index (χ3n) is 3.06. The van der Waals surface area contributed by atoms with Gasteiger partial charge in [0.05, 0.1) is 16.8 Å². The minimum Gasteiger partial charge on any atom is -0.452 e. The summed E-state index contributed by atoms with van der Waals surface area (Å²) in [6, 6.07) is 8.07. The van der Waals surface area contributed by atoms with Gasteiger partial charge in [-0.3, -0.25) is 9.59 Å². The summed E-state index contributed by atoms with van der Waals surface area (Å²) in [7, 11) is 0. The van der Waals surface area contributed by atoms with E-state index in [2.05, 4.69) is 5.32 Å². The fraction of sp³-hybridized carbons (Fsp3) is 0.188. The highest BCUT2D eigenvalue weighted by Gasteiger charge is 2.16. The van der Waals surface area contributed by atoms with Crippen molar-refractivity contribution in [1.29, 1.82) is 0 Å². The van der Waals surface area contributed by atoms with Gasteiger partial charge in [0.1, 0.15) is 0 Å². The molecule has 0 aliphatic carbocycles. The SMILES string of the molecule is Cc1cc(C(=O)OCC(=O)Nc2ccccc2C(N)=O)c(C)s1. The van der Waals surface area contributed by atoms with Crippen LogP contribution in [0.1, 0.15) is 30.5 Å². The summed E-state index contributed by atoms with van der Waals surface area (Å²) >= 11 is 1.49. The lowest BCUT2D eigenvalue weighted by Crippen LogP contribution is -2.23. The minimum absolute atomic E-state index is 0.191. The number of anilines is 1. The van der Waals surface area contributed by atoms with E-state index in [-0.39, 0.29) is 11.3 Å². The van der Waals surface area contributed by atoms with Crippen LogP contribution >= 0.6 is 11.3 Å². The van der Waals surface area contributed by atoms with Crippen LogP contribution < -0.4 is 11.1 Å². The van der Waals surface area contributed by atoms with E-state index in [1.807, 2.05) is 13.8 Å². The number of thiophene rings is 1. The highest BCUT2D eigenvalue weighted by atomic mass is 32.1. The van der Waals surface area contributed by atoms with Crippen LogP contribution in [0.25, 0.3) is 0 Å². The molecule has 1 aromatic carbocycles. The Bertz CT molecular complexity index is 767. The number of carbonyl (C=O) groups is 3. The molecule has 2 rings (SSSR count). The van der Waals surface area contributed by atoms with Crippen molar-refractivity contribution in [1.82, 2.24) is 0 Å². The van der Waals surface area contributed by atoms with Crippen molar-refractivity contribution in [3.63, 3.8) is 0 Å².